The summed E-state index contributed by atoms with van der Waals surface area (Å²) in [5.41, 5.74) is 1.64. The molecule has 0 atom stereocenters. The SMILES string of the molecule is Cc1ccc(C)c(C(=O)NCC(C)C)c1C(=O)O. The maximum Gasteiger partial charge on any atom is 0.336 e. The van der Waals surface area contributed by atoms with Crippen LogP contribution in [0, 0.1) is 19.8 Å². The number of carbonyl (C=O) groups excluding carboxylic acids is 1. The van der Waals surface area contributed by atoms with E-state index in [0.717, 1.165) is 0 Å². The highest BCUT2D eigenvalue weighted by Crippen LogP contribution is 2.18. The third-order valence-electron chi connectivity index (χ3n) is 2.73. The van der Waals surface area contributed by atoms with Crippen molar-refractivity contribution in [1.82, 2.24) is 5.32 Å². The molecule has 4 nitrogen and oxygen atoms in total. The van der Waals surface area contributed by atoms with Gasteiger partial charge in [-0.2, -0.15) is 0 Å². The molecule has 4 heteroatoms. The van der Waals surface area contributed by atoms with Crippen LogP contribution in [0.3, 0.4) is 0 Å². The normalized spacial score (nSPS) is 10.5. The maximum absolute atomic E-state index is 12.1. The Balaban J connectivity index is 3.18. The molecule has 0 saturated carbocycles. The summed E-state index contributed by atoms with van der Waals surface area (Å²) in [5.74, 6) is -1.06. The van der Waals surface area contributed by atoms with Crippen molar-refractivity contribution in [3.05, 3.63) is 34.4 Å². The zero-order valence-corrected chi connectivity index (χ0v) is 11.2. The van der Waals surface area contributed by atoms with Crippen molar-refractivity contribution in [1.29, 1.82) is 0 Å². The molecule has 0 aromatic heterocycles. The highest BCUT2D eigenvalue weighted by atomic mass is 16.4. The number of amides is 1. The molecule has 1 amide bonds. The van der Waals surface area contributed by atoms with Crippen LogP contribution in [0.1, 0.15) is 45.7 Å². The number of hydrogen-bond donors (Lipinski definition) is 2. The van der Waals surface area contributed by atoms with Crippen LogP contribution in [0.4, 0.5) is 0 Å². The lowest BCUT2D eigenvalue weighted by molar-refractivity contribution is 0.0690. The highest BCUT2D eigenvalue weighted by molar-refractivity contribution is 6.06. The first-order chi connectivity index (χ1) is 8.34. The fourth-order valence-corrected chi connectivity index (χ4v) is 1.76. The molecule has 2 N–H and O–H groups in total. The fraction of sp³-hybridized carbons (Fsp3) is 0.429. The van der Waals surface area contributed by atoms with Crippen molar-refractivity contribution in [3.8, 4) is 0 Å². The van der Waals surface area contributed by atoms with Crippen LogP contribution in [0.15, 0.2) is 12.1 Å². The van der Waals surface area contributed by atoms with Gasteiger partial charge >= 0.3 is 5.97 Å². The lowest BCUT2D eigenvalue weighted by Gasteiger charge is -2.13. The van der Waals surface area contributed by atoms with Crippen molar-refractivity contribution >= 4 is 11.9 Å². The molecule has 0 bridgehead atoms. The molecule has 0 fully saturated rings. The van der Waals surface area contributed by atoms with Crippen LogP contribution in [0.25, 0.3) is 0 Å². The van der Waals surface area contributed by atoms with Gasteiger partial charge < -0.3 is 10.4 Å². The Morgan fingerprint density at radius 3 is 2.11 bits per heavy atom. The summed E-state index contributed by atoms with van der Waals surface area (Å²) < 4.78 is 0. The van der Waals surface area contributed by atoms with E-state index in [4.69, 9.17) is 0 Å². The van der Waals surface area contributed by atoms with Crippen molar-refractivity contribution < 1.29 is 14.7 Å². The third-order valence-corrected chi connectivity index (χ3v) is 2.73. The van der Waals surface area contributed by atoms with Gasteiger partial charge in [-0.1, -0.05) is 26.0 Å². The van der Waals surface area contributed by atoms with E-state index in [9.17, 15) is 14.7 Å². The Kier molecular flexibility index (Phi) is 4.48. The monoisotopic (exact) mass is 249 g/mol. The summed E-state index contributed by atoms with van der Waals surface area (Å²) in [7, 11) is 0. The zero-order valence-electron chi connectivity index (χ0n) is 11.2. The van der Waals surface area contributed by atoms with Crippen molar-refractivity contribution in [2.45, 2.75) is 27.7 Å². The molecular formula is C14H19NO3. The van der Waals surface area contributed by atoms with Gasteiger partial charge in [-0.25, -0.2) is 4.79 Å². The van der Waals surface area contributed by atoms with E-state index in [-0.39, 0.29) is 17.0 Å². The molecule has 1 rings (SSSR count). The minimum atomic E-state index is -1.06. The molecule has 0 spiro atoms. The molecule has 1 aromatic carbocycles. The van der Waals surface area contributed by atoms with Gasteiger partial charge in [-0.3, -0.25) is 4.79 Å². The molecule has 1 aromatic rings. The number of carboxylic acid groups (broad SMARTS) is 1. The van der Waals surface area contributed by atoms with Crippen LogP contribution in [0.5, 0.6) is 0 Å². The van der Waals surface area contributed by atoms with E-state index in [1.54, 1.807) is 26.0 Å². The topological polar surface area (TPSA) is 66.4 Å². The van der Waals surface area contributed by atoms with Crippen LogP contribution >= 0.6 is 0 Å². The quantitative estimate of drug-likeness (QED) is 0.861. The first kappa shape index (κ1) is 14.2. The van der Waals surface area contributed by atoms with Gasteiger partial charge in [0, 0.05) is 6.54 Å². The lowest BCUT2D eigenvalue weighted by Crippen LogP contribution is -2.29. The fourth-order valence-electron chi connectivity index (χ4n) is 1.76. The number of rotatable bonds is 4. The molecule has 0 aliphatic heterocycles. The molecule has 0 unspecified atom stereocenters. The van der Waals surface area contributed by atoms with Gasteiger partial charge in [0.15, 0.2) is 0 Å². The van der Waals surface area contributed by atoms with Gasteiger partial charge in [-0.05, 0) is 30.9 Å². The molecule has 0 saturated heterocycles. The van der Waals surface area contributed by atoms with Crippen molar-refractivity contribution in [2.75, 3.05) is 6.54 Å². The predicted molar refractivity (Wildman–Crippen MR) is 70.0 cm³/mol. The second-order valence-corrected chi connectivity index (χ2v) is 4.86. The summed E-state index contributed by atoms with van der Waals surface area (Å²) in [4.78, 5) is 23.3. The van der Waals surface area contributed by atoms with Gasteiger partial charge in [0.2, 0.25) is 0 Å². The molecular weight excluding hydrogens is 230 g/mol. The Labute approximate surface area is 107 Å². The Morgan fingerprint density at radius 1 is 1.17 bits per heavy atom. The van der Waals surface area contributed by atoms with E-state index in [2.05, 4.69) is 5.32 Å². The maximum atomic E-state index is 12.1. The number of carboxylic acids is 1. The standard InChI is InChI=1S/C14H19NO3/c1-8(2)7-15-13(16)11-9(3)5-6-10(4)12(11)14(17)18/h5-6,8H,7H2,1-4H3,(H,15,16)(H,17,18). The van der Waals surface area contributed by atoms with Gasteiger partial charge in [0.25, 0.3) is 5.91 Å². The average Bonchev–Trinajstić information content (AvgIpc) is 2.28. The molecule has 0 heterocycles. The van der Waals surface area contributed by atoms with Crippen LogP contribution in [0.2, 0.25) is 0 Å². The Morgan fingerprint density at radius 2 is 1.67 bits per heavy atom. The van der Waals surface area contributed by atoms with E-state index >= 15 is 0 Å². The van der Waals surface area contributed by atoms with Crippen LogP contribution < -0.4 is 5.32 Å². The van der Waals surface area contributed by atoms with Crippen LogP contribution in [-0.2, 0) is 0 Å². The Bertz CT molecular complexity index is 478. The van der Waals surface area contributed by atoms with Gasteiger partial charge in [0.1, 0.15) is 0 Å². The van der Waals surface area contributed by atoms with Crippen LogP contribution in [-0.4, -0.2) is 23.5 Å². The van der Waals surface area contributed by atoms with Crippen molar-refractivity contribution in [3.63, 3.8) is 0 Å². The average molecular weight is 249 g/mol. The highest BCUT2D eigenvalue weighted by Gasteiger charge is 2.20. The number of hydrogen-bond acceptors (Lipinski definition) is 2. The third kappa shape index (κ3) is 3.09. The summed E-state index contributed by atoms with van der Waals surface area (Å²) in [5, 5.41) is 12.0. The molecule has 0 aliphatic rings. The summed E-state index contributed by atoms with van der Waals surface area (Å²) >= 11 is 0. The number of nitrogens with one attached hydrogen (secondary N) is 1. The number of benzene rings is 1. The zero-order chi connectivity index (χ0) is 13.9. The summed E-state index contributed by atoms with van der Waals surface area (Å²) in [6.07, 6.45) is 0. The minimum Gasteiger partial charge on any atom is -0.478 e. The number of carbonyl (C=O) groups is 2. The van der Waals surface area contributed by atoms with Crippen molar-refractivity contribution in [2.24, 2.45) is 5.92 Å². The molecule has 0 radical (unpaired) electrons. The summed E-state index contributed by atoms with van der Waals surface area (Å²) in [6.45, 7) is 7.95. The van der Waals surface area contributed by atoms with Gasteiger partial charge in [0.05, 0.1) is 11.1 Å². The molecule has 18 heavy (non-hydrogen) atoms. The van der Waals surface area contributed by atoms with Gasteiger partial charge in [-0.15, -0.1) is 0 Å². The summed E-state index contributed by atoms with van der Waals surface area (Å²) in [6, 6.07) is 3.49. The second-order valence-electron chi connectivity index (χ2n) is 4.86. The largest absolute Gasteiger partial charge is 0.478 e. The van der Waals surface area contributed by atoms with E-state index < -0.39 is 5.97 Å². The lowest BCUT2D eigenvalue weighted by atomic mass is 9.96. The first-order valence-electron chi connectivity index (χ1n) is 5.96. The first-order valence-corrected chi connectivity index (χ1v) is 5.96. The van der Waals surface area contributed by atoms with E-state index in [0.29, 0.717) is 23.6 Å². The predicted octanol–water partition coefficient (Wildman–Crippen LogP) is 2.39. The van der Waals surface area contributed by atoms with E-state index in [1.165, 1.54) is 0 Å². The number of aryl methyl sites for hydroxylation is 2. The Hall–Kier alpha value is -1.84. The molecule has 98 valence electrons. The van der Waals surface area contributed by atoms with E-state index in [1.807, 2.05) is 13.8 Å². The second kappa shape index (κ2) is 5.67. The molecule has 0 aliphatic carbocycles. The number of aromatic carboxylic acids is 1. The minimum absolute atomic E-state index is 0.0938. The smallest absolute Gasteiger partial charge is 0.336 e.